The number of rotatable bonds is 0. The Morgan fingerprint density at radius 2 is 1.39 bits per heavy atom. The summed E-state index contributed by atoms with van der Waals surface area (Å²) in [6.45, 7) is 0. The molecular weight excluding hydrogens is 292 g/mol. The van der Waals surface area contributed by atoms with Crippen LogP contribution in [0.1, 0.15) is 36.6 Å². The molecule has 0 saturated heterocycles. The van der Waals surface area contributed by atoms with E-state index in [1.54, 1.807) is 36.4 Å². The van der Waals surface area contributed by atoms with E-state index in [9.17, 15) is 14.4 Å². The van der Waals surface area contributed by atoms with Crippen molar-refractivity contribution in [2.45, 2.75) is 0 Å². The normalized spacial score (nSPS) is 14.7. The smallest absolute Gasteiger partial charge is 0.347 e. The highest BCUT2D eigenvalue weighted by atomic mass is 16.6. The summed E-state index contributed by atoms with van der Waals surface area (Å²) in [6.07, 6.45) is 0. The first kappa shape index (κ1) is 12.3. The monoisotopic (exact) mass is 300 g/mol. The summed E-state index contributed by atoms with van der Waals surface area (Å²) in [5, 5.41) is 1.47. The fourth-order valence-electron chi connectivity index (χ4n) is 3.52. The van der Waals surface area contributed by atoms with Gasteiger partial charge in [-0.1, -0.05) is 42.5 Å². The van der Waals surface area contributed by atoms with Crippen molar-refractivity contribution in [3.63, 3.8) is 0 Å². The molecule has 0 unspecified atom stereocenters. The molecule has 1 heterocycles. The molecule has 0 amide bonds. The van der Waals surface area contributed by atoms with Gasteiger partial charge in [-0.05, 0) is 17.0 Å². The summed E-state index contributed by atoms with van der Waals surface area (Å²) in [5.41, 5.74) is 2.90. The van der Waals surface area contributed by atoms with Crippen molar-refractivity contribution < 1.29 is 19.1 Å². The van der Waals surface area contributed by atoms with Crippen molar-refractivity contribution >= 4 is 28.5 Å². The lowest BCUT2D eigenvalue weighted by Crippen LogP contribution is -2.12. The molecule has 0 radical (unpaired) electrons. The quantitative estimate of drug-likeness (QED) is 0.369. The van der Waals surface area contributed by atoms with Gasteiger partial charge in [0.2, 0.25) is 0 Å². The predicted molar refractivity (Wildman–Crippen MR) is 82.6 cm³/mol. The van der Waals surface area contributed by atoms with E-state index in [-0.39, 0.29) is 16.9 Å². The Morgan fingerprint density at radius 3 is 2.22 bits per heavy atom. The molecule has 108 valence electrons. The molecule has 2 aliphatic rings. The van der Waals surface area contributed by atoms with E-state index in [0.717, 1.165) is 5.39 Å². The van der Waals surface area contributed by atoms with Crippen LogP contribution in [0, 0.1) is 0 Å². The Balaban J connectivity index is 2.10. The van der Waals surface area contributed by atoms with E-state index in [2.05, 4.69) is 0 Å². The summed E-state index contributed by atoms with van der Waals surface area (Å²) in [7, 11) is 0. The highest BCUT2D eigenvalue weighted by Gasteiger charge is 2.37. The third kappa shape index (κ3) is 1.38. The van der Waals surface area contributed by atoms with Gasteiger partial charge in [0.25, 0.3) is 0 Å². The zero-order valence-corrected chi connectivity index (χ0v) is 11.8. The Morgan fingerprint density at radius 1 is 0.652 bits per heavy atom. The van der Waals surface area contributed by atoms with E-state index in [0.29, 0.717) is 27.6 Å². The predicted octanol–water partition coefficient (Wildman–Crippen LogP) is 3.36. The van der Waals surface area contributed by atoms with E-state index in [4.69, 9.17) is 4.74 Å². The summed E-state index contributed by atoms with van der Waals surface area (Å²) in [6, 6.07) is 14.1. The molecule has 0 spiro atoms. The van der Waals surface area contributed by atoms with Gasteiger partial charge in [0, 0.05) is 22.1 Å². The maximum Gasteiger partial charge on any atom is 0.347 e. The van der Waals surface area contributed by atoms with Gasteiger partial charge in [-0.15, -0.1) is 0 Å². The van der Waals surface area contributed by atoms with Crippen LogP contribution >= 0.6 is 0 Å². The third-order valence-electron chi connectivity index (χ3n) is 4.46. The molecule has 3 aromatic rings. The SMILES string of the molecule is O=C1OC(=O)c2c1cc1cccc3c1c2-c1ccccc1C3=O. The number of carbonyl (C=O) groups excluding carboxylic acids is 3. The minimum absolute atomic E-state index is 0.0728. The number of ketones is 1. The van der Waals surface area contributed by atoms with E-state index >= 15 is 0 Å². The standard InChI is InChI=1S/C19H8O4/c20-17-11-6-2-1-5-10(11)15-14-9(4-3-7-12(14)17)8-13-16(15)19(22)23-18(13)21/h1-8H. The molecule has 5 rings (SSSR count). The summed E-state index contributed by atoms with van der Waals surface area (Å²) >= 11 is 0. The van der Waals surface area contributed by atoms with E-state index in [1.807, 2.05) is 12.1 Å². The molecule has 0 N–H and O–H groups in total. The fraction of sp³-hybridized carbons (Fsp3) is 0. The lowest BCUT2D eigenvalue weighted by Gasteiger charge is -2.21. The molecular formula is C19H8O4. The number of hydrogen-bond acceptors (Lipinski definition) is 4. The molecule has 1 aliphatic carbocycles. The van der Waals surface area contributed by atoms with Crippen molar-refractivity contribution in [3.05, 3.63) is 70.8 Å². The second-order valence-electron chi connectivity index (χ2n) is 5.63. The van der Waals surface area contributed by atoms with Gasteiger partial charge < -0.3 is 4.74 Å². The Hall–Kier alpha value is -3.27. The molecule has 0 fully saturated rings. The molecule has 3 aromatic carbocycles. The lowest BCUT2D eigenvalue weighted by atomic mass is 9.79. The van der Waals surface area contributed by atoms with Crippen molar-refractivity contribution in [3.8, 4) is 11.1 Å². The molecule has 4 heteroatoms. The maximum atomic E-state index is 12.8. The van der Waals surface area contributed by atoms with Crippen LogP contribution in [0.25, 0.3) is 21.9 Å². The third-order valence-corrected chi connectivity index (χ3v) is 4.46. The minimum atomic E-state index is -0.652. The lowest BCUT2D eigenvalue weighted by molar-refractivity contribution is 0.0444. The molecule has 1 aliphatic heterocycles. The van der Waals surface area contributed by atoms with Gasteiger partial charge in [-0.25, -0.2) is 9.59 Å². The van der Waals surface area contributed by atoms with Crippen molar-refractivity contribution in [1.29, 1.82) is 0 Å². The van der Waals surface area contributed by atoms with Crippen molar-refractivity contribution in [1.82, 2.24) is 0 Å². The highest BCUT2D eigenvalue weighted by Crippen LogP contribution is 2.44. The maximum absolute atomic E-state index is 12.8. The van der Waals surface area contributed by atoms with Crippen molar-refractivity contribution in [2.75, 3.05) is 0 Å². The Labute approximate surface area is 130 Å². The van der Waals surface area contributed by atoms with Crippen LogP contribution < -0.4 is 0 Å². The minimum Gasteiger partial charge on any atom is -0.386 e. The average Bonchev–Trinajstić information content (AvgIpc) is 2.85. The second kappa shape index (κ2) is 3.93. The van der Waals surface area contributed by atoms with Gasteiger partial charge in [0.1, 0.15) is 0 Å². The van der Waals surface area contributed by atoms with Crippen LogP contribution in [0.4, 0.5) is 0 Å². The van der Waals surface area contributed by atoms with E-state index in [1.165, 1.54) is 0 Å². The van der Waals surface area contributed by atoms with Crippen LogP contribution in [0.5, 0.6) is 0 Å². The zero-order chi connectivity index (χ0) is 15.7. The number of benzene rings is 3. The molecule has 0 saturated carbocycles. The number of carbonyl (C=O) groups is 3. The van der Waals surface area contributed by atoms with Crippen LogP contribution in [-0.2, 0) is 4.74 Å². The number of ether oxygens (including phenoxy) is 1. The molecule has 0 bridgehead atoms. The van der Waals surface area contributed by atoms with Gasteiger partial charge in [0.15, 0.2) is 5.78 Å². The summed E-state index contributed by atoms with van der Waals surface area (Å²) in [4.78, 5) is 36.9. The first-order valence-electron chi connectivity index (χ1n) is 7.17. The number of hydrogen-bond donors (Lipinski definition) is 0. The summed E-state index contributed by atoms with van der Waals surface area (Å²) < 4.78 is 4.79. The molecule has 23 heavy (non-hydrogen) atoms. The molecule has 0 aromatic heterocycles. The van der Waals surface area contributed by atoms with Gasteiger partial charge in [-0.2, -0.15) is 0 Å². The topological polar surface area (TPSA) is 60.4 Å². The number of fused-ring (bicyclic) bond motifs is 4. The second-order valence-corrected chi connectivity index (χ2v) is 5.63. The van der Waals surface area contributed by atoms with Crippen LogP contribution in [0.15, 0.2) is 48.5 Å². The van der Waals surface area contributed by atoms with Crippen molar-refractivity contribution in [2.24, 2.45) is 0 Å². The first-order valence-corrected chi connectivity index (χ1v) is 7.17. The summed E-state index contributed by atoms with van der Waals surface area (Å²) in [5.74, 6) is -1.36. The van der Waals surface area contributed by atoms with Crippen LogP contribution in [0.3, 0.4) is 0 Å². The largest absolute Gasteiger partial charge is 0.386 e. The Bertz CT molecular complexity index is 1090. The Kier molecular flexibility index (Phi) is 2.10. The molecule has 4 nitrogen and oxygen atoms in total. The first-order chi connectivity index (χ1) is 11.2. The van der Waals surface area contributed by atoms with E-state index < -0.39 is 11.9 Å². The van der Waals surface area contributed by atoms with Crippen LogP contribution in [-0.4, -0.2) is 17.7 Å². The van der Waals surface area contributed by atoms with Gasteiger partial charge in [-0.3, -0.25) is 4.79 Å². The highest BCUT2D eigenvalue weighted by molar-refractivity contribution is 6.31. The number of cyclic esters (lactones) is 2. The number of esters is 2. The fourth-order valence-corrected chi connectivity index (χ4v) is 3.52. The zero-order valence-electron chi connectivity index (χ0n) is 11.8. The average molecular weight is 300 g/mol. The molecule has 0 atom stereocenters. The van der Waals surface area contributed by atoms with Crippen LogP contribution in [0.2, 0.25) is 0 Å². The van der Waals surface area contributed by atoms with Gasteiger partial charge in [0.05, 0.1) is 11.1 Å². The van der Waals surface area contributed by atoms with Gasteiger partial charge >= 0.3 is 11.9 Å².